The molecule has 1 aromatic rings. The van der Waals surface area contributed by atoms with E-state index in [1.807, 2.05) is 26.0 Å². The Morgan fingerprint density at radius 3 is 2.88 bits per heavy atom. The van der Waals surface area contributed by atoms with Crippen LogP contribution >= 0.6 is 0 Å². The molecule has 2 heterocycles. The fraction of sp³-hybridized carbons (Fsp3) is 0.571. The molecule has 1 fully saturated rings. The first-order chi connectivity index (χ1) is 8.15. The van der Waals surface area contributed by atoms with Crippen LogP contribution in [0.4, 0.5) is 0 Å². The Bertz CT molecular complexity index is 388. The molecule has 2 rings (SSSR count). The van der Waals surface area contributed by atoms with E-state index >= 15 is 0 Å². The standard InChI is InChI=1S/C14H20N2O/c1-10-7-11(2)16-12(8-10)9-14(17)13-5-3-4-6-15-13/h7-8,13,15H,3-6,9H2,1-2H3. The maximum Gasteiger partial charge on any atom is 0.155 e. The number of pyridine rings is 1. The number of nitrogens with zero attached hydrogens (tertiary/aromatic N) is 1. The van der Waals surface area contributed by atoms with Gasteiger partial charge < -0.3 is 5.32 Å². The summed E-state index contributed by atoms with van der Waals surface area (Å²) in [5, 5.41) is 3.29. The van der Waals surface area contributed by atoms with Gasteiger partial charge in [0.2, 0.25) is 0 Å². The summed E-state index contributed by atoms with van der Waals surface area (Å²) in [5.74, 6) is 0.280. The van der Waals surface area contributed by atoms with E-state index in [0.717, 1.165) is 30.8 Å². The van der Waals surface area contributed by atoms with E-state index in [9.17, 15) is 4.79 Å². The SMILES string of the molecule is Cc1cc(C)nc(CC(=O)C2CCCCN2)c1. The highest BCUT2D eigenvalue weighted by Crippen LogP contribution is 2.11. The minimum Gasteiger partial charge on any atom is -0.307 e. The molecule has 1 aliphatic rings. The van der Waals surface area contributed by atoms with Gasteiger partial charge in [0.15, 0.2) is 5.78 Å². The predicted molar refractivity (Wildman–Crippen MR) is 68.1 cm³/mol. The minimum absolute atomic E-state index is 0.0476. The molecule has 0 radical (unpaired) electrons. The highest BCUT2D eigenvalue weighted by molar-refractivity contribution is 5.85. The number of carbonyl (C=O) groups is 1. The van der Waals surface area contributed by atoms with Crippen LogP contribution in [0.25, 0.3) is 0 Å². The molecule has 1 atom stereocenters. The van der Waals surface area contributed by atoms with Gasteiger partial charge in [0, 0.05) is 11.4 Å². The lowest BCUT2D eigenvalue weighted by atomic mass is 9.98. The van der Waals surface area contributed by atoms with Crippen LogP contribution in [-0.4, -0.2) is 23.4 Å². The summed E-state index contributed by atoms with van der Waals surface area (Å²) in [4.78, 5) is 16.5. The molecule has 17 heavy (non-hydrogen) atoms. The van der Waals surface area contributed by atoms with Crippen molar-refractivity contribution >= 4 is 5.78 Å². The average Bonchev–Trinajstić information content (AvgIpc) is 2.28. The Morgan fingerprint density at radius 1 is 1.41 bits per heavy atom. The second kappa shape index (κ2) is 5.41. The third-order valence-corrected chi connectivity index (χ3v) is 3.21. The van der Waals surface area contributed by atoms with Gasteiger partial charge in [-0.1, -0.05) is 6.42 Å². The van der Waals surface area contributed by atoms with Crippen molar-refractivity contribution in [2.75, 3.05) is 6.54 Å². The van der Waals surface area contributed by atoms with Crippen LogP contribution in [0.15, 0.2) is 12.1 Å². The van der Waals surface area contributed by atoms with E-state index in [1.165, 1.54) is 12.0 Å². The van der Waals surface area contributed by atoms with Gasteiger partial charge in [-0.05, 0) is 50.9 Å². The molecule has 1 aliphatic heterocycles. The van der Waals surface area contributed by atoms with Crippen LogP contribution in [0.1, 0.15) is 36.2 Å². The molecule has 92 valence electrons. The largest absolute Gasteiger partial charge is 0.307 e. The van der Waals surface area contributed by atoms with Crippen LogP contribution in [0.2, 0.25) is 0 Å². The molecule has 0 aromatic carbocycles. The predicted octanol–water partition coefficient (Wildman–Crippen LogP) is 1.95. The summed E-state index contributed by atoms with van der Waals surface area (Å²) >= 11 is 0. The van der Waals surface area contributed by atoms with E-state index in [4.69, 9.17) is 0 Å². The zero-order valence-corrected chi connectivity index (χ0v) is 10.6. The van der Waals surface area contributed by atoms with Crippen molar-refractivity contribution in [1.82, 2.24) is 10.3 Å². The van der Waals surface area contributed by atoms with E-state index in [0.29, 0.717) is 6.42 Å². The van der Waals surface area contributed by atoms with E-state index < -0.39 is 0 Å². The number of hydrogen-bond donors (Lipinski definition) is 1. The van der Waals surface area contributed by atoms with Gasteiger partial charge in [-0.3, -0.25) is 9.78 Å². The molecular weight excluding hydrogens is 212 g/mol. The Morgan fingerprint density at radius 2 is 2.24 bits per heavy atom. The third kappa shape index (κ3) is 3.37. The lowest BCUT2D eigenvalue weighted by Gasteiger charge is -2.22. The molecule has 0 spiro atoms. The van der Waals surface area contributed by atoms with E-state index in [1.54, 1.807) is 0 Å². The number of Topliss-reactive ketones (excluding diaryl/α,β-unsaturated/α-hetero) is 1. The number of hydrogen-bond acceptors (Lipinski definition) is 3. The van der Waals surface area contributed by atoms with Gasteiger partial charge in [-0.2, -0.15) is 0 Å². The Hall–Kier alpha value is -1.22. The quantitative estimate of drug-likeness (QED) is 0.866. The topological polar surface area (TPSA) is 42.0 Å². The Kier molecular flexibility index (Phi) is 3.89. The number of piperidine rings is 1. The van der Waals surface area contributed by atoms with Gasteiger partial charge in [0.1, 0.15) is 0 Å². The number of rotatable bonds is 3. The fourth-order valence-corrected chi connectivity index (χ4v) is 2.44. The fourth-order valence-electron chi connectivity index (χ4n) is 2.44. The zero-order chi connectivity index (χ0) is 12.3. The minimum atomic E-state index is 0.0476. The lowest BCUT2D eigenvalue weighted by Crippen LogP contribution is -2.41. The van der Waals surface area contributed by atoms with Gasteiger partial charge in [-0.25, -0.2) is 0 Å². The third-order valence-electron chi connectivity index (χ3n) is 3.21. The second-order valence-corrected chi connectivity index (χ2v) is 4.92. The van der Waals surface area contributed by atoms with Crippen molar-refractivity contribution in [3.8, 4) is 0 Å². The first-order valence-corrected chi connectivity index (χ1v) is 6.35. The zero-order valence-electron chi connectivity index (χ0n) is 10.6. The molecule has 1 unspecified atom stereocenters. The summed E-state index contributed by atoms with van der Waals surface area (Å²) in [7, 11) is 0. The molecule has 0 saturated carbocycles. The highest BCUT2D eigenvalue weighted by atomic mass is 16.1. The Balaban J connectivity index is 2.01. The number of nitrogens with one attached hydrogen (secondary N) is 1. The molecule has 0 bridgehead atoms. The summed E-state index contributed by atoms with van der Waals surface area (Å²) in [6, 6.07) is 4.09. The first kappa shape index (κ1) is 12.2. The van der Waals surface area contributed by atoms with Crippen molar-refractivity contribution in [3.05, 3.63) is 29.1 Å². The molecule has 0 amide bonds. The molecular formula is C14H20N2O. The number of aryl methyl sites for hydroxylation is 2. The van der Waals surface area contributed by atoms with Gasteiger partial charge in [-0.15, -0.1) is 0 Å². The van der Waals surface area contributed by atoms with E-state index in [2.05, 4.69) is 10.3 Å². The van der Waals surface area contributed by atoms with Gasteiger partial charge in [0.25, 0.3) is 0 Å². The number of aromatic nitrogens is 1. The van der Waals surface area contributed by atoms with Crippen LogP contribution < -0.4 is 5.32 Å². The first-order valence-electron chi connectivity index (χ1n) is 6.35. The normalized spacial score (nSPS) is 20.2. The van der Waals surface area contributed by atoms with Crippen molar-refractivity contribution in [1.29, 1.82) is 0 Å². The van der Waals surface area contributed by atoms with Gasteiger partial charge >= 0.3 is 0 Å². The van der Waals surface area contributed by atoms with Crippen LogP contribution in [0.5, 0.6) is 0 Å². The number of carbonyl (C=O) groups excluding carboxylic acids is 1. The molecule has 1 N–H and O–H groups in total. The summed E-state index contributed by atoms with van der Waals surface area (Å²) in [5.41, 5.74) is 3.07. The lowest BCUT2D eigenvalue weighted by molar-refractivity contribution is -0.121. The highest BCUT2D eigenvalue weighted by Gasteiger charge is 2.20. The van der Waals surface area contributed by atoms with Crippen molar-refractivity contribution < 1.29 is 4.79 Å². The maximum absolute atomic E-state index is 12.1. The smallest absolute Gasteiger partial charge is 0.155 e. The Labute approximate surface area is 103 Å². The molecule has 1 saturated heterocycles. The van der Waals surface area contributed by atoms with Crippen molar-refractivity contribution in [2.45, 2.75) is 45.6 Å². The van der Waals surface area contributed by atoms with E-state index in [-0.39, 0.29) is 11.8 Å². The summed E-state index contributed by atoms with van der Waals surface area (Å²) in [6.07, 6.45) is 3.78. The summed E-state index contributed by atoms with van der Waals surface area (Å²) < 4.78 is 0. The molecule has 1 aromatic heterocycles. The second-order valence-electron chi connectivity index (χ2n) is 4.92. The van der Waals surface area contributed by atoms with Crippen molar-refractivity contribution in [2.24, 2.45) is 0 Å². The monoisotopic (exact) mass is 232 g/mol. The van der Waals surface area contributed by atoms with Crippen LogP contribution in [0.3, 0.4) is 0 Å². The van der Waals surface area contributed by atoms with Crippen LogP contribution in [-0.2, 0) is 11.2 Å². The summed E-state index contributed by atoms with van der Waals surface area (Å²) in [6.45, 7) is 4.98. The molecule has 3 heteroatoms. The average molecular weight is 232 g/mol. The van der Waals surface area contributed by atoms with Gasteiger partial charge in [0.05, 0.1) is 12.5 Å². The van der Waals surface area contributed by atoms with Crippen molar-refractivity contribution in [3.63, 3.8) is 0 Å². The van der Waals surface area contributed by atoms with Crippen LogP contribution in [0, 0.1) is 13.8 Å². The maximum atomic E-state index is 12.1. The number of ketones is 1. The molecule has 0 aliphatic carbocycles. The molecule has 3 nitrogen and oxygen atoms in total.